The first-order valence-corrected chi connectivity index (χ1v) is 6.93. The number of ether oxygens (including phenoxy) is 1. The predicted molar refractivity (Wildman–Crippen MR) is 78.5 cm³/mol. The molecule has 0 saturated carbocycles. The molecule has 0 saturated heterocycles. The third-order valence-electron chi connectivity index (χ3n) is 3.09. The van der Waals surface area contributed by atoms with Gasteiger partial charge in [0.05, 0.1) is 6.61 Å². The molecule has 0 amide bonds. The van der Waals surface area contributed by atoms with E-state index in [2.05, 4.69) is 34.7 Å². The fraction of sp³-hybridized carbons (Fsp3) is 0.500. The van der Waals surface area contributed by atoms with E-state index in [0.29, 0.717) is 18.2 Å². The van der Waals surface area contributed by atoms with Gasteiger partial charge in [0.25, 0.3) is 0 Å². The lowest BCUT2D eigenvalue weighted by molar-refractivity contribution is 0.112. The van der Waals surface area contributed by atoms with E-state index in [1.807, 2.05) is 18.2 Å². The summed E-state index contributed by atoms with van der Waals surface area (Å²) in [6, 6.07) is 6.17. The Labute approximate surface area is 117 Å². The van der Waals surface area contributed by atoms with Crippen LogP contribution in [0.2, 0.25) is 0 Å². The van der Waals surface area contributed by atoms with Crippen molar-refractivity contribution in [1.29, 1.82) is 0 Å². The molecule has 3 nitrogen and oxygen atoms in total. The van der Waals surface area contributed by atoms with Crippen molar-refractivity contribution in [3.8, 4) is 0 Å². The maximum absolute atomic E-state index is 11.2. The number of hydrogen-bond acceptors (Lipinski definition) is 3. The van der Waals surface area contributed by atoms with Gasteiger partial charge >= 0.3 is 0 Å². The molecule has 0 heterocycles. The molecule has 4 heteroatoms. The van der Waals surface area contributed by atoms with Crippen molar-refractivity contribution in [2.75, 3.05) is 25.2 Å². The molecule has 1 unspecified atom stereocenters. The number of methoxy groups -OCH3 is 1. The monoisotopic (exact) mass is 313 g/mol. The molecule has 0 N–H and O–H groups in total. The molecule has 0 aliphatic heterocycles. The summed E-state index contributed by atoms with van der Waals surface area (Å²) in [5.41, 5.74) is 1.68. The van der Waals surface area contributed by atoms with E-state index in [0.717, 1.165) is 29.4 Å². The van der Waals surface area contributed by atoms with Crippen LogP contribution in [-0.4, -0.2) is 32.6 Å². The number of carbonyl (C=O) groups is 1. The molecule has 0 spiro atoms. The molecule has 1 atom stereocenters. The van der Waals surface area contributed by atoms with Crippen molar-refractivity contribution in [2.45, 2.75) is 26.3 Å². The Bertz CT molecular complexity index is 395. The molecular formula is C14H20BrNO2. The van der Waals surface area contributed by atoms with Gasteiger partial charge in [-0.25, -0.2) is 0 Å². The Kier molecular flexibility index (Phi) is 6.36. The van der Waals surface area contributed by atoms with Crippen LogP contribution in [0.5, 0.6) is 0 Å². The maximum atomic E-state index is 11.2. The van der Waals surface area contributed by atoms with E-state index in [9.17, 15) is 4.79 Å². The Morgan fingerprint density at radius 3 is 2.78 bits per heavy atom. The maximum Gasteiger partial charge on any atom is 0.152 e. The second-order valence-corrected chi connectivity index (χ2v) is 5.18. The quantitative estimate of drug-likeness (QED) is 0.721. The van der Waals surface area contributed by atoms with Gasteiger partial charge in [-0.15, -0.1) is 0 Å². The molecule has 0 aliphatic carbocycles. The van der Waals surface area contributed by atoms with Crippen LogP contribution in [0, 0.1) is 0 Å². The molecule has 0 radical (unpaired) electrons. The summed E-state index contributed by atoms with van der Waals surface area (Å²) in [7, 11) is 1.69. The summed E-state index contributed by atoms with van der Waals surface area (Å²) in [4.78, 5) is 13.4. The highest BCUT2D eigenvalue weighted by Gasteiger charge is 2.16. The van der Waals surface area contributed by atoms with Crippen molar-refractivity contribution >= 4 is 27.9 Å². The number of carbonyl (C=O) groups excluding carboxylic acids is 1. The molecule has 0 bridgehead atoms. The fourth-order valence-electron chi connectivity index (χ4n) is 1.87. The predicted octanol–water partition coefficient (Wildman–Crippen LogP) is 3.51. The van der Waals surface area contributed by atoms with Crippen LogP contribution in [0.15, 0.2) is 22.7 Å². The number of benzene rings is 1. The molecular weight excluding hydrogens is 294 g/mol. The molecule has 0 aliphatic rings. The second-order valence-electron chi connectivity index (χ2n) is 4.26. The number of hydrogen-bond donors (Lipinski definition) is 0. The van der Waals surface area contributed by atoms with Crippen molar-refractivity contribution in [1.82, 2.24) is 0 Å². The normalized spacial score (nSPS) is 12.2. The van der Waals surface area contributed by atoms with Gasteiger partial charge in [-0.1, -0.05) is 22.9 Å². The molecule has 1 aromatic carbocycles. The molecule has 0 aromatic heterocycles. The highest BCUT2D eigenvalue weighted by atomic mass is 79.9. The Hall–Kier alpha value is -0.870. The van der Waals surface area contributed by atoms with E-state index >= 15 is 0 Å². The van der Waals surface area contributed by atoms with Gasteiger partial charge in [-0.05, 0) is 31.5 Å². The lowest BCUT2D eigenvalue weighted by Gasteiger charge is -2.31. The van der Waals surface area contributed by atoms with Crippen LogP contribution in [0.25, 0.3) is 0 Å². The number of aldehydes is 1. The van der Waals surface area contributed by atoms with Crippen LogP contribution >= 0.6 is 15.9 Å². The van der Waals surface area contributed by atoms with E-state index in [1.165, 1.54) is 0 Å². The van der Waals surface area contributed by atoms with Gasteiger partial charge in [0.15, 0.2) is 6.29 Å². The topological polar surface area (TPSA) is 29.5 Å². The number of nitrogens with zero attached hydrogens (tertiary/aromatic N) is 1. The number of halogens is 1. The van der Waals surface area contributed by atoms with E-state index < -0.39 is 0 Å². The first-order valence-electron chi connectivity index (χ1n) is 6.14. The zero-order valence-electron chi connectivity index (χ0n) is 11.1. The molecule has 100 valence electrons. The van der Waals surface area contributed by atoms with Gasteiger partial charge in [-0.2, -0.15) is 0 Å². The zero-order valence-corrected chi connectivity index (χ0v) is 12.7. The summed E-state index contributed by atoms with van der Waals surface area (Å²) in [6.07, 6.45) is 1.93. The summed E-state index contributed by atoms with van der Waals surface area (Å²) >= 11 is 3.39. The van der Waals surface area contributed by atoms with Gasteiger partial charge in [0.1, 0.15) is 0 Å². The van der Waals surface area contributed by atoms with Crippen molar-refractivity contribution in [2.24, 2.45) is 0 Å². The minimum absolute atomic E-state index is 0.375. The number of anilines is 1. The Morgan fingerprint density at radius 2 is 2.22 bits per heavy atom. The Morgan fingerprint density at radius 1 is 1.50 bits per heavy atom. The zero-order chi connectivity index (χ0) is 13.5. The lowest BCUT2D eigenvalue weighted by atomic mass is 10.1. The van der Waals surface area contributed by atoms with Crippen LogP contribution < -0.4 is 4.90 Å². The summed E-state index contributed by atoms with van der Waals surface area (Å²) in [5, 5.41) is 0. The SMILES string of the molecule is CCC(C)N(CCOC)c1ccc(Br)cc1C=O. The second kappa shape index (κ2) is 7.54. The molecule has 18 heavy (non-hydrogen) atoms. The van der Waals surface area contributed by atoms with E-state index in [-0.39, 0.29) is 0 Å². The van der Waals surface area contributed by atoms with Crippen molar-refractivity contribution in [3.63, 3.8) is 0 Å². The van der Waals surface area contributed by atoms with Gasteiger partial charge < -0.3 is 9.64 Å². The minimum Gasteiger partial charge on any atom is -0.383 e. The average Bonchev–Trinajstić information content (AvgIpc) is 2.39. The first kappa shape index (κ1) is 15.2. The van der Waals surface area contributed by atoms with E-state index in [4.69, 9.17) is 4.74 Å². The van der Waals surface area contributed by atoms with Crippen LogP contribution in [0.3, 0.4) is 0 Å². The smallest absolute Gasteiger partial charge is 0.152 e. The number of rotatable bonds is 7. The Balaban J connectivity index is 3.07. The van der Waals surface area contributed by atoms with E-state index in [1.54, 1.807) is 7.11 Å². The third kappa shape index (κ3) is 3.82. The minimum atomic E-state index is 0.375. The third-order valence-corrected chi connectivity index (χ3v) is 3.58. The first-order chi connectivity index (χ1) is 8.63. The van der Waals surface area contributed by atoms with Crippen LogP contribution in [0.4, 0.5) is 5.69 Å². The summed E-state index contributed by atoms with van der Waals surface area (Å²) in [5.74, 6) is 0. The van der Waals surface area contributed by atoms with Gasteiger partial charge in [0, 0.05) is 35.4 Å². The summed E-state index contributed by atoms with van der Waals surface area (Å²) < 4.78 is 6.07. The highest BCUT2D eigenvalue weighted by molar-refractivity contribution is 9.10. The molecule has 1 aromatic rings. The van der Waals surface area contributed by atoms with Crippen molar-refractivity contribution in [3.05, 3.63) is 28.2 Å². The lowest BCUT2D eigenvalue weighted by Crippen LogP contribution is -2.36. The van der Waals surface area contributed by atoms with Crippen LogP contribution in [0.1, 0.15) is 30.6 Å². The highest BCUT2D eigenvalue weighted by Crippen LogP contribution is 2.25. The standard InChI is InChI=1S/C14H20BrNO2/c1-4-11(2)16(7-8-18-3)14-6-5-13(15)9-12(14)10-17/h5-6,9-11H,4,7-8H2,1-3H3. The largest absolute Gasteiger partial charge is 0.383 e. The van der Waals surface area contributed by atoms with Gasteiger partial charge in [-0.3, -0.25) is 4.79 Å². The summed E-state index contributed by atoms with van der Waals surface area (Å²) in [6.45, 7) is 5.74. The fourth-order valence-corrected chi connectivity index (χ4v) is 2.25. The average molecular weight is 314 g/mol. The molecule has 0 fully saturated rings. The van der Waals surface area contributed by atoms with Gasteiger partial charge in [0.2, 0.25) is 0 Å². The van der Waals surface area contributed by atoms with Crippen LogP contribution in [-0.2, 0) is 4.74 Å². The molecule has 1 rings (SSSR count). The van der Waals surface area contributed by atoms with Crippen molar-refractivity contribution < 1.29 is 9.53 Å².